The molecule has 0 amide bonds. The lowest BCUT2D eigenvalue weighted by Gasteiger charge is -2.15. The molecule has 1 aromatic carbocycles. The molecule has 0 fully saturated rings. The van der Waals surface area contributed by atoms with E-state index >= 15 is 0 Å². The van der Waals surface area contributed by atoms with Crippen molar-refractivity contribution in [3.8, 4) is 0 Å². The Hall–Kier alpha value is -1.59. The Kier molecular flexibility index (Phi) is 5.20. The van der Waals surface area contributed by atoms with Crippen molar-refractivity contribution in [1.29, 1.82) is 0 Å². The van der Waals surface area contributed by atoms with E-state index in [2.05, 4.69) is 10.3 Å². The maximum Gasteiger partial charge on any atom is 0.203 e. The fourth-order valence-electron chi connectivity index (χ4n) is 2.13. The minimum atomic E-state index is -0.408. The quantitative estimate of drug-likeness (QED) is 0.887. The Bertz CT molecular complexity index is 615. The van der Waals surface area contributed by atoms with E-state index in [-0.39, 0.29) is 11.1 Å². The zero-order chi connectivity index (χ0) is 15.4. The highest BCUT2D eigenvalue weighted by Crippen LogP contribution is 2.19. The van der Waals surface area contributed by atoms with Crippen molar-refractivity contribution in [3.63, 3.8) is 0 Å². The molecule has 1 N–H and O–H groups in total. The van der Waals surface area contributed by atoms with Gasteiger partial charge in [-0.3, -0.25) is 0 Å². The number of hydrogen-bond donors (Lipinski definition) is 1. The monoisotopic (exact) mass is 311 g/mol. The zero-order valence-electron chi connectivity index (χ0n) is 12.4. The predicted octanol–water partition coefficient (Wildman–Crippen LogP) is 3.48. The first-order chi connectivity index (χ1) is 9.99. The molecule has 1 aromatic heterocycles. The number of benzene rings is 1. The van der Waals surface area contributed by atoms with Gasteiger partial charge in [-0.15, -0.1) is 0 Å². The van der Waals surface area contributed by atoms with Crippen LogP contribution in [0.3, 0.4) is 0 Å². The minimum absolute atomic E-state index is 0.131. The lowest BCUT2D eigenvalue weighted by Crippen LogP contribution is -2.23. The number of methoxy groups -OCH3 is 1. The van der Waals surface area contributed by atoms with E-state index in [4.69, 9.17) is 16.3 Å². The molecule has 2 rings (SSSR count). The van der Waals surface area contributed by atoms with E-state index < -0.39 is 5.82 Å². The van der Waals surface area contributed by atoms with E-state index in [0.29, 0.717) is 13.2 Å². The van der Waals surface area contributed by atoms with Gasteiger partial charge >= 0.3 is 0 Å². The lowest BCUT2D eigenvalue weighted by molar-refractivity contribution is 0.190. The second-order valence-electron chi connectivity index (χ2n) is 5.08. The number of rotatable bonds is 6. The molecule has 4 nitrogen and oxygen atoms in total. The molecule has 0 aliphatic heterocycles. The van der Waals surface area contributed by atoms with Crippen molar-refractivity contribution >= 4 is 17.5 Å². The first-order valence-corrected chi connectivity index (χ1v) is 7.10. The average Bonchev–Trinajstić information content (AvgIpc) is 2.74. The minimum Gasteiger partial charge on any atom is -0.383 e. The normalized spacial score (nSPS) is 12.4. The van der Waals surface area contributed by atoms with Gasteiger partial charge in [0.25, 0.3) is 0 Å². The van der Waals surface area contributed by atoms with E-state index in [1.54, 1.807) is 19.2 Å². The molecular formula is C15H19ClFN3O. The Morgan fingerprint density at radius 1 is 1.48 bits per heavy atom. The largest absolute Gasteiger partial charge is 0.383 e. The Morgan fingerprint density at radius 3 is 2.90 bits per heavy atom. The van der Waals surface area contributed by atoms with Crippen molar-refractivity contribution < 1.29 is 9.13 Å². The highest BCUT2D eigenvalue weighted by atomic mass is 35.5. The molecule has 0 saturated heterocycles. The summed E-state index contributed by atoms with van der Waals surface area (Å²) in [7, 11) is 1.66. The third-order valence-corrected chi connectivity index (χ3v) is 3.32. The first kappa shape index (κ1) is 15.8. The van der Waals surface area contributed by atoms with Crippen LogP contribution in [0.4, 0.5) is 10.3 Å². The van der Waals surface area contributed by atoms with E-state index in [9.17, 15) is 4.39 Å². The topological polar surface area (TPSA) is 39.1 Å². The van der Waals surface area contributed by atoms with Gasteiger partial charge in [0, 0.05) is 19.3 Å². The van der Waals surface area contributed by atoms with Crippen LogP contribution in [0, 0.1) is 12.7 Å². The molecule has 6 heteroatoms. The SMILES string of the molecule is COCC(C)Nc1nc(C)cn1Cc1ccc(F)c(Cl)c1. The highest BCUT2D eigenvalue weighted by Gasteiger charge is 2.10. The summed E-state index contributed by atoms with van der Waals surface area (Å²) in [5.41, 5.74) is 1.83. The van der Waals surface area contributed by atoms with Crippen molar-refractivity contribution in [2.75, 3.05) is 19.0 Å². The number of nitrogens with one attached hydrogen (secondary N) is 1. The van der Waals surface area contributed by atoms with Crippen molar-refractivity contribution in [3.05, 3.63) is 46.5 Å². The number of nitrogens with zero attached hydrogens (tertiary/aromatic N) is 2. The second kappa shape index (κ2) is 6.91. The first-order valence-electron chi connectivity index (χ1n) is 6.72. The predicted molar refractivity (Wildman–Crippen MR) is 82.4 cm³/mol. The van der Waals surface area contributed by atoms with Crippen LogP contribution in [-0.2, 0) is 11.3 Å². The summed E-state index contributed by atoms with van der Waals surface area (Å²) >= 11 is 5.82. The van der Waals surface area contributed by atoms with Gasteiger partial charge in [-0.1, -0.05) is 17.7 Å². The molecule has 21 heavy (non-hydrogen) atoms. The smallest absolute Gasteiger partial charge is 0.203 e. The second-order valence-corrected chi connectivity index (χ2v) is 5.49. The molecule has 114 valence electrons. The summed E-state index contributed by atoms with van der Waals surface area (Å²) in [4.78, 5) is 4.46. The van der Waals surface area contributed by atoms with Crippen LogP contribution in [0.5, 0.6) is 0 Å². The van der Waals surface area contributed by atoms with Gasteiger partial charge in [0.05, 0.1) is 23.9 Å². The maximum atomic E-state index is 13.2. The zero-order valence-corrected chi connectivity index (χ0v) is 13.1. The molecule has 0 saturated carbocycles. The molecule has 1 unspecified atom stereocenters. The molecule has 0 aliphatic rings. The number of hydrogen-bond acceptors (Lipinski definition) is 3. The fourth-order valence-corrected chi connectivity index (χ4v) is 2.33. The standard InChI is InChI=1S/C15H19ClFN3O/c1-10-7-20(15(18-10)19-11(2)9-21-3)8-12-4-5-14(17)13(16)6-12/h4-7,11H,8-9H2,1-3H3,(H,18,19). The Morgan fingerprint density at radius 2 is 2.24 bits per heavy atom. The highest BCUT2D eigenvalue weighted by molar-refractivity contribution is 6.30. The van der Waals surface area contributed by atoms with Crippen LogP contribution in [-0.4, -0.2) is 29.3 Å². The number of halogens is 2. The van der Waals surface area contributed by atoms with Gasteiger partial charge in [-0.2, -0.15) is 0 Å². The molecule has 0 bridgehead atoms. The average molecular weight is 312 g/mol. The summed E-state index contributed by atoms with van der Waals surface area (Å²) in [6, 6.07) is 4.88. The van der Waals surface area contributed by atoms with E-state index in [1.165, 1.54) is 6.07 Å². The summed E-state index contributed by atoms with van der Waals surface area (Å²) in [6.07, 6.45) is 1.94. The van der Waals surface area contributed by atoms with E-state index in [1.807, 2.05) is 24.6 Å². The molecule has 1 heterocycles. The molecule has 0 spiro atoms. The van der Waals surface area contributed by atoms with E-state index in [0.717, 1.165) is 17.2 Å². The Labute approximate surface area is 128 Å². The van der Waals surface area contributed by atoms with Crippen LogP contribution in [0.2, 0.25) is 5.02 Å². The molecule has 2 aromatic rings. The molecular weight excluding hydrogens is 293 g/mol. The number of aryl methyl sites for hydroxylation is 1. The van der Waals surface area contributed by atoms with Gasteiger partial charge in [0.1, 0.15) is 5.82 Å². The van der Waals surface area contributed by atoms with Crippen molar-refractivity contribution in [2.45, 2.75) is 26.4 Å². The van der Waals surface area contributed by atoms with Crippen LogP contribution < -0.4 is 5.32 Å². The van der Waals surface area contributed by atoms with Crippen molar-refractivity contribution in [2.24, 2.45) is 0 Å². The number of ether oxygens (including phenoxy) is 1. The maximum absolute atomic E-state index is 13.2. The molecule has 1 atom stereocenters. The molecule has 0 aliphatic carbocycles. The summed E-state index contributed by atoms with van der Waals surface area (Å²) in [5, 5.41) is 3.43. The number of anilines is 1. The summed E-state index contributed by atoms with van der Waals surface area (Å²) in [6.45, 7) is 5.12. The summed E-state index contributed by atoms with van der Waals surface area (Å²) in [5.74, 6) is 0.354. The summed E-state index contributed by atoms with van der Waals surface area (Å²) < 4.78 is 20.3. The fraction of sp³-hybridized carbons (Fsp3) is 0.400. The van der Waals surface area contributed by atoms with Crippen LogP contribution >= 0.6 is 11.6 Å². The van der Waals surface area contributed by atoms with Gasteiger partial charge in [-0.05, 0) is 31.5 Å². The van der Waals surface area contributed by atoms with Crippen LogP contribution in [0.15, 0.2) is 24.4 Å². The van der Waals surface area contributed by atoms with Crippen molar-refractivity contribution in [1.82, 2.24) is 9.55 Å². The van der Waals surface area contributed by atoms with Gasteiger partial charge in [0.2, 0.25) is 5.95 Å². The number of imidazole rings is 1. The van der Waals surface area contributed by atoms with Gasteiger partial charge in [0.15, 0.2) is 0 Å². The third-order valence-electron chi connectivity index (χ3n) is 3.03. The number of aromatic nitrogens is 2. The Balaban J connectivity index is 2.17. The van der Waals surface area contributed by atoms with Gasteiger partial charge < -0.3 is 14.6 Å². The molecule has 0 radical (unpaired) electrons. The van der Waals surface area contributed by atoms with Gasteiger partial charge in [-0.25, -0.2) is 9.37 Å². The van der Waals surface area contributed by atoms with Crippen LogP contribution in [0.1, 0.15) is 18.2 Å². The third kappa shape index (κ3) is 4.19. The van der Waals surface area contributed by atoms with Crippen LogP contribution in [0.25, 0.3) is 0 Å². The lowest BCUT2D eigenvalue weighted by atomic mass is 10.2.